The van der Waals surface area contributed by atoms with Gasteiger partial charge < -0.3 is 4.74 Å². The van der Waals surface area contributed by atoms with Crippen molar-refractivity contribution in [1.29, 1.82) is 0 Å². The van der Waals surface area contributed by atoms with E-state index >= 15 is 0 Å². The smallest absolute Gasteiger partial charge is 0.330 e. The molecule has 0 unspecified atom stereocenters. The van der Waals surface area contributed by atoms with Gasteiger partial charge in [-0.1, -0.05) is 38.1 Å². The van der Waals surface area contributed by atoms with Crippen molar-refractivity contribution in [1.82, 2.24) is 4.90 Å². The summed E-state index contributed by atoms with van der Waals surface area (Å²) < 4.78 is 5.19. The van der Waals surface area contributed by atoms with Gasteiger partial charge in [0.1, 0.15) is 6.04 Å². The van der Waals surface area contributed by atoms with Gasteiger partial charge in [0.05, 0.1) is 16.8 Å². The van der Waals surface area contributed by atoms with Crippen molar-refractivity contribution in [2.24, 2.45) is 29.6 Å². The van der Waals surface area contributed by atoms with Crippen molar-refractivity contribution in [2.75, 3.05) is 6.61 Å². The number of nitro groups is 1. The Morgan fingerprint density at radius 3 is 2.28 bits per heavy atom. The van der Waals surface area contributed by atoms with Crippen LogP contribution in [-0.4, -0.2) is 46.0 Å². The predicted octanol–water partition coefficient (Wildman–Crippen LogP) is 2.46. The molecule has 1 heterocycles. The van der Waals surface area contributed by atoms with Crippen LogP contribution in [0, 0.1) is 46.6 Å². The number of fused-ring (bicyclic) bond motifs is 5. The molecule has 1 saturated carbocycles. The lowest BCUT2D eigenvalue weighted by molar-refractivity contribution is -0.385. The highest BCUT2D eigenvalue weighted by molar-refractivity contribution is 6.09. The number of amides is 2. The molecule has 2 fully saturated rings. The second kappa shape index (κ2) is 7.96. The van der Waals surface area contributed by atoms with Crippen molar-refractivity contribution >= 4 is 29.3 Å². The molecule has 0 N–H and O–H groups in total. The molecule has 1 aliphatic heterocycles. The lowest BCUT2D eigenvalue weighted by Crippen LogP contribution is -2.50. The first-order chi connectivity index (χ1) is 15.1. The third-order valence-electron chi connectivity index (χ3n) is 6.73. The molecule has 32 heavy (non-hydrogen) atoms. The Bertz CT molecular complexity index is 1030. The van der Waals surface area contributed by atoms with E-state index in [1.54, 1.807) is 20.8 Å². The lowest BCUT2D eigenvalue weighted by atomic mass is 9.85. The average molecular weight is 440 g/mol. The van der Waals surface area contributed by atoms with E-state index in [-0.39, 0.29) is 34.9 Å². The van der Waals surface area contributed by atoms with E-state index < -0.39 is 47.1 Å². The summed E-state index contributed by atoms with van der Waals surface area (Å²) in [6.45, 7) is 4.33. The Balaban J connectivity index is 1.48. The highest BCUT2D eigenvalue weighted by Gasteiger charge is 2.61. The zero-order chi connectivity index (χ0) is 23.3. The number of nitro benzene ring substituents is 1. The summed E-state index contributed by atoms with van der Waals surface area (Å²) in [6.07, 6.45) is 4.74. The first kappa shape index (κ1) is 21.9. The molecule has 9 heteroatoms. The number of likely N-dealkylation sites (tertiary alicyclic amines) is 1. The number of hydrogen-bond acceptors (Lipinski definition) is 7. The normalized spacial score (nSPS) is 26.6. The number of ketones is 1. The zero-order valence-electron chi connectivity index (χ0n) is 18.0. The Labute approximate surface area is 184 Å². The Kier molecular flexibility index (Phi) is 5.44. The van der Waals surface area contributed by atoms with Crippen LogP contribution in [0.3, 0.4) is 0 Å². The van der Waals surface area contributed by atoms with E-state index in [9.17, 15) is 29.3 Å². The fraction of sp³-hybridized carbons (Fsp3) is 0.478. The summed E-state index contributed by atoms with van der Waals surface area (Å²) in [5.41, 5.74) is 0.246. The predicted molar refractivity (Wildman–Crippen MR) is 111 cm³/mol. The van der Waals surface area contributed by atoms with Gasteiger partial charge in [0, 0.05) is 17.2 Å². The van der Waals surface area contributed by atoms with E-state index in [4.69, 9.17) is 4.74 Å². The Hall–Kier alpha value is -3.36. The van der Waals surface area contributed by atoms with Gasteiger partial charge in [0.25, 0.3) is 5.69 Å². The number of ether oxygens (including phenoxy) is 1. The van der Waals surface area contributed by atoms with Crippen LogP contribution in [0.5, 0.6) is 0 Å². The number of benzene rings is 1. The molecule has 9 nitrogen and oxygen atoms in total. The second-order valence-corrected chi connectivity index (χ2v) is 9.02. The molecule has 0 radical (unpaired) electrons. The van der Waals surface area contributed by atoms with Crippen molar-refractivity contribution in [3.8, 4) is 0 Å². The van der Waals surface area contributed by atoms with E-state index in [1.165, 1.54) is 12.1 Å². The molecular weight excluding hydrogens is 416 g/mol. The highest BCUT2D eigenvalue weighted by atomic mass is 16.6. The SMILES string of the molecule is Cc1ccc(C(=O)COC(=O)[C@H](C(C)C)N2C(=O)[C@@H]3[C@@H](C2=O)[C@H]2C=C[C@H]3C2)cc1[N+](=O)[O-]. The van der Waals surface area contributed by atoms with Gasteiger partial charge in [0.15, 0.2) is 6.61 Å². The summed E-state index contributed by atoms with van der Waals surface area (Å²) in [5.74, 6) is -3.37. The first-order valence-corrected chi connectivity index (χ1v) is 10.6. The Morgan fingerprint density at radius 1 is 1.16 bits per heavy atom. The second-order valence-electron chi connectivity index (χ2n) is 9.02. The topological polar surface area (TPSA) is 124 Å². The maximum Gasteiger partial charge on any atom is 0.330 e. The van der Waals surface area contributed by atoms with Crippen LogP contribution in [-0.2, 0) is 19.1 Å². The van der Waals surface area contributed by atoms with Gasteiger partial charge in [0.2, 0.25) is 17.6 Å². The molecule has 1 aromatic carbocycles. The number of aryl methyl sites for hydroxylation is 1. The maximum atomic E-state index is 13.1. The summed E-state index contributed by atoms with van der Waals surface area (Å²) in [5, 5.41) is 11.1. The molecule has 1 saturated heterocycles. The molecule has 0 aromatic heterocycles. The van der Waals surface area contributed by atoms with Gasteiger partial charge in [-0.25, -0.2) is 4.79 Å². The Morgan fingerprint density at radius 2 is 1.75 bits per heavy atom. The minimum Gasteiger partial charge on any atom is -0.456 e. The van der Waals surface area contributed by atoms with Gasteiger partial charge in [-0.15, -0.1) is 0 Å². The quantitative estimate of drug-likeness (QED) is 0.159. The molecule has 2 amide bonds. The number of allylic oxidation sites excluding steroid dienone is 2. The summed E-state index contributed by atoms with van der Waals surface area (Å²) in [4.78, 5) is 63.0. The molecule has 168 valence electrons. The van der Waals surface area contributed by atoms with Gasteiger partial charge in [-0.2, -0.15) is 0 Å². The highest BCUT2D eigenvalue weighted by Crippen LogP contribution is 2.53. The first-order valence-electron chi connectivity index (χ1n) is 10.6. The number of Topliss-reactive ketones (excluding diaryl/α,β-unsaturated/α-hetero) is 1. The number of carbonyl (C=O) groups is 4. The summed E-state index contributed by atoms with van der Waals surface area (Å²) >= 11 is 0. The number of imide groups is 1. The molecule has 3 aliphatic rings. The third kappa shape index (κ3) is 3.41. The van der Waals surface area contributed by atoms with E-state index in [0.717, 1.165) is 17.4 Å². The van der Waals surface area contributed by atoms with Crippen LogP contribution in [0.15, 0.2) is 30.4 Å². The largest absolute Gasteiger partial charge is 0.456 e. The average Bonchev–Trinajstić information content (AvgIpc) is 3.42. The number of esters is 1. The minimum absolute atomic E-state index is 0.0224. The molecule has 2 aliphatic carbocycles. The molecule has 4 rings (SSSR count). The molecule has 1 aromatic rings. The van der Waals surface area contributed by atoms with Crippen molar-refractivity contribution in [3.63, 3.8) is 0 Å². The van der Waals surface area contributed by atoms with E-state index in [0.29, 0.717) is 5.56 Å². The fourth-order valence-corrected chi connectivity index (χ4v) is 5.16. The monoisotopic (exact) mass is 440 g/mol. The van der Waals surface area contributed by atoms with Crippen molar-refractivity contribution < 1.29 is 28.8 Å². The molecular formula is C23H24N2O7. The van der Waals surface area contributed by atoms with Crippen molar-refractivity contribution in [3.05, 3.63) is 51.6 Å². The van der Waals surface area contributed by atoms with Crippen LogP contribution in [0.2, 0.25) is 0 Å². The van der Waals surface area contributed by atoms with Gasteiger partial charge >= 0.3 is 5.97 Å². The lowest BCUT2D eigenvalue weighted by Gasteiger charge is -2.28. The summed E-state index contributed by atoms with van der Waals surface area (Å²) in [7, 11) is 0. The van der Waals surface area contributed by atoms with Crippen LogP contribution < -0.4 is 0 Å². The standard InChI is InChI=1S/C23H24N2O7/c1-11(2)20(24-21(27)18-14-6-7-15(8-14)19(18)22(24)28)23(29)32-10-17(26)13-5-4-12(3)16(9-13)25(30)31/h4-7,9,11,14-15,18-20H,8,10H2,1-3H3/t14-,15-,18-,19-,20-/m0/s1. The molecule has 2 bridgehead atoms. The number of hydrogen-bond donors (Lipinski definition) is 0. The van der Waals surface area contributed by atoms with Gasteiger partial charge in [-0.3, -0.25) is 29.4 Å². The van der Waals surface area contributed by atoms with Crippen LogP contribution in [0.25, 0.3) is 0 Å². The van der Waals surface area contributed by atoms with E-state index in [2.05, 4.69) is 0 Å². The molecule has 5 atom stereocenters. The van der Waals surface area contributed by atoms with Crippen molar-refractivity contribution in [2.45, 2.75) is 33.2 Å². The third-order valence-corrected chi connectivity index (χ3v) is 6.73. The van der Waals surface area contributed by atoms with Crippen LogP contribution >= 0.6 is 0 Å². The maximum absolute atomic E-state index is 13.1. The number of rotatable bonds is 7. The number of carbonyl (C=O) groups excluding carboxylic acids is 4. The molecule has 0 spiro atoms. The van der Waals surface area contributed by atoms with Gasteiger partial charge in [-0.05, 0) is 31.1 Å². The fourth-order valence-electron chi connectivity index (χ4n) is 5.16. The zero-order valence-corrected chi connectivity index (χ0v) is 18.0. The van der Waals surface area contributed by atoms with Crippen LogP contribution in [0.4, 0.5) is 5.69 Å². The summed E-state index contributed by atoms with van der Waals surface area (Å²) in [6, 6.07) is 2.89. The number of nitrogens with zero attached hydrogens (tertiary/aromatic N) is 2. The minimum atomic E-state index is -1.12. The van der Waals surface area contributed by atoms with E-state index in [1.807, 2.05) is 12.2 Å². The van der Waals surface area contributed by atoms with Crippen LogP contribution in [0.1, 0.15) is 36.2 Å².